The fourth-order valence-corrected chi connectivity index (χ4v) is 3.17. The number of rotatable bonds is 1. The molecular formula is C15H8ClFOS. The van der Waals surface area contributed by atoms with Crippen LogP contribution in [0.4, 0.5) is 4.39 Å². The molecule has 1 aliphatic heterocycles. The first-order valence-electron chi connectivity index (χ1n) is 5.64. The van der Waals surface area contributed by atoms with Gasteiger partial charge in [0.05, 0.1) is 9.93 Å². The largest absolute Gasteiger partial charge is 0.288 e. The van der Waals surface area contributed by atoms with Gasteiger partial charge >= 0.3 is 0 Å². The second kappa shape index (κ2) is 4.83. The molecule has 0 atom stereocenters. The summed E-state index contributed by atoms with van der Waals surface area (Å²) in [6.45, 7) is 0. The van der Waals surface area contributed by atoms with Crippen molar-refractivity contribution in [3.8, 4) is 0 Å². The van der Waals surface area contributed by atoms with Crippen molar-refractivity contribution in [3.63, 3.8) is 0 Å². The van der Waals surface area contributed by atoms with Gasteiger partial charge in [-0.25, -0.2) is 4.39 Å². The molecule has 94 valence electrons. The normalized spacial score (nSPS) is 15.9. The van der Waals surface area contributed by atoms with E-state index in [1.165, 1.54) is 30.0 Å². The number of fused-ring (bicyclic) bond motifs is 1. The SMILES string of the molecule is O=C1/C(=C\c2c(F)cccc2Cl)Sc2ccccc21. The minimum absolute atomic E-state index is 0.0834. The quantitative estimate of drug-likeness (QED) is 0.701. The molecule has 0 radical (unpaired) electrons. The molecule has 0 bridgehead atoms. The van der Waals surface area contributed by atoms with Gasteiger partial charge in [-0.2, -0.15) is 0 Å². The van der Waals surface area contributed by atoms with Crippen LogP contribution in [0.1, 0.15) is 15.9 Å². The second-order valence-electron chi connectivity index (χ2n) is 4.07. The summed E-state index contributed by atoms with van der Waals surface area (Å²) >= 11 is 7.30. The van der Waals surface area contributed by atoms with E-state index in [0.29, 0.717) is 15.5 Å². The molecule has 3 rings (SSSR count). The molecule has 0 fully saturated rings. The molecule has 0 saturated heterocycles. The number of benzene rings is 2. The van der Waals surface area contributed by atoms with E-state index in [1.807, 2.05) is 18.2 Å². The van der Waals surface area contributed by atoms with Crippen molar-refractivity contribution in [1.82, 2.24) is 0 Å². The zero-order valence-corrected chi connectivity index (χ0v) is 11.3. The summed E-state index contributed by atoms with van der Waals surface area (Å²) in [5.41, 5.74) is 0.916. The Bertz CT molecular complexity index is 689. The predicted octanol–water partition coefficient (Wildman–Crippen LogP) is 4.81. The molecule has 2 aromatic rings. The molecule has 4 heteroatoms. The summed E-state index contributed by atoms with van der Waals surface area (Å²) in [6.07, 6.45) is 1.52. The van der Waals surface area contributed by atoms with E-state index < -0.39 is 5.82 Å². The average Bonchev–Trinajstić information content (AvgIpc) is 2.72. The Balaban J connectivity index is 2.06. The van der Waals surface area contributed by atoms with Gasteiger partial charge in [0, 0.05) is 16.0 Å². The first-order chi connectivity index (χ1) is 9.16. The molecule has 0 aromatic heterocycles. The first kappa shape index (κ1) is 12.5. The van der Waals surface area contributed by atoms with Gasteiger partial charge in [-0.15, -0.1) is 0 Å². The molecule has 1 nitrogen and oxygen atoms in total. The van der Waals surface area contributed by atoms with Crippen LogP contribution in [-0.2, 0) is 0 Å². The highest BCUT2D eigenvalue weighted by atomic mass is 35.5. The first-order valence-corrected chi connectivity index (χ1v) is 6.83. The third kappa shape index (κ3) is 2.20. The van der Waals surface area contributed by atoms with Gasteiger partial charge in [0.25, 0.3) is 0 Å². The van der Waals surface area contributed by atoms with Gasteiger partial charge in [-0.1, -0.05) is 41.6 Å². The highest BCUT2D eigenvalue weighted by Crippen LogP contribution is 2.41. The van der Waals surface area contributed by atoms with Crippen LogP contribution in [0.5, 0.6) is 0 Å². The van der Waals surface area contributed by atoms with Gasteiger partial charge in [0.1, 0.15) is 5.82 Å². The van der Waals surface area contributed by atoms with Crippen molar-refractivity contribution in [2.75, 3.05) is 0 Å². The Kier molecular flexibility index (Phi) is 3.17. The van der Waals surface area contributed by atoms with E-state index in [4.69, 9.17) is 11.6 Å². The van der Waals surface area contributed by atoms with E-state index in [2.05, 4.69) is 0 Å². The second-order valence-corrected chi connectivity index (χ2v) is 5.56. The summed E-state index contributed by atoms with van der Waals surface area (Å²) < 4.78 is 13.7. The highest BCUT2D eigenvalue weighted by molar-refractivity contribution is 8.04. The number of carbonyl (C=O) groups is 1. The Labute approximate surface area is 119 Å². The van der Waals surface area contributed by atoms with Gasteiger partial charge < -0.3 is 0 Å². The maximum Gasteiger partial charge on any atom is 0.200 e. The Morgan fingerprint density at radius 1 is 1.11 bits per heavy atom. The molecular weight excluding hydrogens is 283 g/mol. The van der Waals surface area contributed by atoms with Crippen molar-refractivity contribution in [2.45, 2.75) is 4.90 Å². The minimum atomic E-state index is -0.427. The minimum Gasteiger partial charge on any atom is -0.288 e. The molecule has 1 heterocycles. The highest BCUT2D eigenvalue weighted by Gasteiger charge is 2.25. The molecule has 0 saturated carbocycles. The van der Waals surface area contributed by atoms with Gasteiger partial charge in [-0.05, 0) is 30.3 Å². The summed E-state index contributed by atoms with van der Waals surface area (Å²) in [4.78, 5) is 13.6. The summed E-state index contributed by atoms with van der Waals surface area (Å²) in [5.74, 6) is -0.510. The predicted molar refractivity (Wildman–Crippen MR) is 76.0 cm³/mol. The van der Waals surface area contributed by atoms with Crippen LogP contribution in [-0.4, -0.2) is 5.78 Å². The van der Waals surface area contributed by atoms with Crippen molar-refractivity contribution in [2.24, 2.45) is 0 Å². The molecule has 2 aromatic carbocycles. The van der Waals surface area contributed by atoms with E-state index in [0.717, 1.165) is 4.90 Å². The number of allylic oxidation sites excluding steroid dienone is 1. The van der Waals surface area contributed by atoms with E-state index >= 15 is 0 Å². The number of halogens is 2. The van der Waals surface area contributed by atoms with Crippen molar-refractivity contribution >= 4 is 35.2 Å². The number of hydrogen-bond acceptors (Lipinski definition) is 2. The number of hydrogen-bond donors (Lipinski definition) is 0. The monoisotopic (exact) mass is 290 g/mol. The van der Waals surface area contributed by atoms with Crippen molar-refractivity contribution in [1.29, 1.82) is 0 Å². The van der Waals surface area contributed by atoms with Gasteiger partial charge in [0.2, 0.25) is 5.78 Å². The smallest absolute Gasteiger partial charge is 0.200 e. The van der Waals surface area contributed by atoms with Crippen LogP contribution >= 0.6 is 23.4 Å². The lowest BCUT2D eigenvalue weighted by atomic mass is 10.1. The molecule has 0 aliphatic carbocycles. The zero-order valence-electron chi connectivity index (χ0n) is 9.69. The Hall–Kier alpha value is -1.58. The number of Topliss-reactive ketones (excluding diaryl/α,β-unsaturated/α-hetero) is 1. The average molecular weight is 291 g/mol. The molecule has 0 N–H and O–H groups in total. The third-order valence-corrected chi connectivity index (χ3v) is 4.28. The fraction of sp³-hybridized carbons (Fsp3) is 0. The molecule has 0 amide bonds. The van der Waals surface area contributed by atoms with Crippen LogP contribution in [0, 0.1) is 5.82 Å². The van der Waals surface area contributed by atoms with E-state index in [-0.39, 0.29) is 11.3 Å². The van der Waals surface area contributed by atoms with Crippen LogP contribution in [0.3, 0.4) is 0 Å². The summed E-state index contributed by atoms with van der Waals surface area (Å²) in [5, 5.41) is 0.303. The van der Waals surface area contributed by atoms with Crippen LogP contribution in [0.15, 0.2) is 52.3 Å². The standard InChI is InChI=1S/C15H8ClFOS/c16-11-5-3-6-12(17)10(11)8-14-15(18)9-4-1-2-7-13(9)19-14/h1-8H/b14-8+. The molecule has 19 heavy (non-hydrogen) atoms. The zero-order chi connectivity index (χ0) is 13.4. The summed E-state index contributed by atoms with van der Waals surface area (Å²) in [6, 6.07) is 11.8. The number of thioether (sulfide) groups is 1. The lowest BCUT2D eigenvalue weighted by Gasteiger charge is -2.01. The van der Waals surface area contributed by atoms with Crippen molar-refractivity contribution in [3.05, 3.63) is 69.3 Å². The molecule has 0 spiro atoms. The molecule has 1 aliphatic rings. The van der Waals surface area contributed by atoms with Gasteiger partial charge in [0.15, 0.2) is 0 Å². The Morgan fingerprint density at radius 3 is 2.63 bits per heavy atom. The van der Waals surface area contributed by atoms with Crippen LogP contribution in [0.25, 0.3) is 6.08 Å². The fourth-order valence-electron chi connectivity index (χ4n) is 1.92. The topological polar surface area (TPSA) is 17.1 Å². The summed E-state index contributed by atoms with van der Waals surface area (Å²) in [7, 11) is 0. The van der Waals surface area contributed by atoms with E-state index in [9.17, 15) is 9.18 Å². The lowest BCUT2D eigenvalue weighted by molar-refractivity contribution is 0.104. The van der Waals surface area contributed by atoms with Crippen molar-refractivity contribution < 1.29 is 9.18 Å². The maximum atomic E-state index is 13.7. The third-order valence-electron chi connectivity index (χ3n) is 2.85. The number of carbonyl (C=O) groups excluding carboxylic acids is 1. The lowest BCUT2D eigenvalue weighted by Crippen LogP contribution is -1.94. The van der Waals surface area contributed by atoms with Crippen LogP contribution < -0.4 is 0 Å². The van der Waals surface area contributed by atoms with Crippen LogP contribution in [0.2, 0.25) is 5.02 Å². The maximum absolute atomic E-state index is 13.7. The van der Waals surface area contributed by atoms with Gasteiger partial charge in [-0.3, -0.25) is 4.79 Å². The number of ketones is 1. The molecule has 0 unspecified atom stereocenters. The Morgan fingerprint density at radius 2 is 1.89 bits per heavy atom. The van der Waals surface area contributed by atoms with E-state index in [1.54, 1.807) is 12.1 Å².